The summed E-state index contributed by atoms with van der Waals surface area (Å²) in [4.78, 5) is 1.54. The summed E-state index contributed by atoms with van der Waals surface area (Å²) in [6, 6.07) is 0.360. The molecule has 1 saturated heterocycles. The number of nitrogens with zero attached hydrogens (tertiary/aromatic N) is 1. The lowest BCUT2D eigenvalue weighted by molar-refractivity contribution is -0.147. The van der Waals surface area contributed by atoms with E-state index >= 15 is 0 Å². The van der Waals surface area contributed by atoms with Crippen LogP contribution in [0.15, 0.2) is 0 Å². The number of hydrogen-bond acceptors (Lipinski definition) is 2. The van der Waals surface area contributed by atoms with Gasteiger partial charge in [-0.25, -0.2) is 0 Å². The van der Waals surface area contributed by atoms with Crippen LogP contribution >= 0.6 is 0 Å². The van der Waals surface area contributed by atoms with Crippen LogP contribution in [0.2, 0.25) is 0 Å². The molecule has 2 unspecified atom stereocenters. The van der Waals surface area contributed by atoms with E-state index in [4.69, 9.17) is 0 Å². The van der Waals surface area contributed by atoms with Crippen molar-refractivity contribution in [3.05, 3.63) is 0 Å². The van der Waals surface area contributed by atoms with Crippen LogP contribution in [0.3, 0.4) is 0 Å². The van der Waals surface area contributed by atoms with Gasteiger partial charge in [0.05, 0.1) is 6.54 Å². The van der Waals surface area contributed by atoms with Crippen molar-refractivity contribution >= 4 is 0 Å². The molecule has 1 heterocycles. The Hall–Kier alpha value is -0.290. The highest BCUT2D eigenvalue weighted by Crippen LogP contribution is 2.18. The third kappa shape index (κ3) is 5.16. The van der Waals surface area contributed by atoms with E-state index in [0.717, 1.165) is 19.4 Å². The molecule has 1 rings (SSSR count). The third-order valence-corrected chi connectivity index (χ3v) is 3.01. The van der Waals surface area contributed by atoms with Crippen molar-refractivity contribution in [2.24, 2.45) is 5.92 Å². The van der Waals surface area contributed by atoms with Crippen LogP contribution in [0.5, 0.6) is 0 Å². The zero-order chi connectivity index (χ0) is 12.2. The molecular formula is C11H21F3N2. The average Bonchev–Trinajstić information content (AvgIpc) is 2.12. The van der Waals surface area contributed by atoms with Gasteiger partial charge in [-0.15, -0.1) is 0 Å². The van der Waals surface area contributed by atoms with Gasteiger partial charge in [-0.3, -0.25) is 4.90 Å². The van der Waals surface area contributed by atoms with E-state index in [-0.39, 0.29) is 5.92 Å². The minimum Gasteiger partial charge on any atom is -0.314 e. The molecule has 1 fully saturated rings. The van der Waals surface area contributed by atoms with Crippen molar-refractivity contribution in [2.75, 3.05) is 26.2 Å². The molecule has 0 aliphatic carbocycles. The van der Waals surface area contributed by atoms with Crippen LogP contribution in [0, 0.1) is 5.92 Å². The SMILES string of the molecule is CCC1CCN(CC(F)(F)F)CC(C)CN1. The van der Waals surface area contributed by atoms with Crippen LogP contribution < -0.4 is 5.32 Å². The summed E-state index contributed by atoms with van der Waals surface area (Å²) < 4.78 is 37.0. The summed E-state index contributed by atoms with van der Waals surface area (Å²) >= 11 is 0. The summed E-state index contributed by atoms with van der Waals surface area (Å²) in [5, 5.41) is 3.40. The van der Waals surface area contributed by atoms with Gasteiger partial charge in [0, 0.05) is 12.6 Å². The predicted octanol–water partition coefficient (Wildman–Crippen LogP) is 2.26. The largest absolute Gasteiger partial charge is 0.401 e. The van der Waals surface area contributed by atoms with Gasteiger partial charge in [0.2, 0.25) is 0 Å². The normalized spacial score (nSPS) is 29.8. The van der Waals surface area contributed by atoms with Gasteiger partial charge in [-0.1, -0.05) is 13.8 Å². The van der Waals surface area contributed by atoms with Gasteiger partial charge >= 0.3 is 6.18 Å². The van der Waals surface area contributed by atoms with Crippen LogP contribution in [0.1, 0.15) is 26.7 Å². The first kappa shape index (κ1) is 13.8. The van der Waals surface area contributed by atoms with Gasteiger partial charge in [0.1, 0.15) is 0 Å². The van der Waals surface area contributed by atoms with E-state index < -0.39 is 12.7 Å². The van der Waals surface area contributed by atoms with Gasteiger partial charge in [-0.05, 0) is 31.8 Å². The van der Waals surface area contributed by atoms with Crippen LogP contribution in [-0.2, 0) is 0 Å². The minimum atomic E-state index is -4.08. The third-order valence-electron chi connectivity index (χ3n) is 3.01. The molecule has 2 nitrogen and oxygen atoms in total. The Morgan fingerprint density at radius 3 is 2.62 bits per heavy atom. The fourth-order valence-electron chi connectivity index (χ4n) is 2.15. The second-order valence-corrected chi connectivity index (χ2v) is 4.76. The summed E-state index contributed by atoms with van der Waals surface area (Å²) in [6.45, 7) is 5.17. The Kier molecular flexibility index (Phi) is 5.05. The molecule has 0 radical (unpaired) electrons. The quantitative estimate of drug-likeness (QED) is 0.794. The van der Waals surface area contributed by atoms with E-state index in [1.54, 1.807) is 0 Å². The summed E-state index contributed by atoms with van der Waals surface area (Å²) in [7, 11) is 0. The Bertz CT molecular complexity index is 206. The second-order valence-electron chi connectivity index (χ2n) is 4.76. The standard InChI is InChI=1S/C11H21F3N2/c1-3-10-4-5-16(8-11(12,13)14)7-9(2)6-15-10/h9-10,15H,3-8H2,1-2H3. The van der Waals surface area contributed by atoms with Crippen LogP contribution in [-0.4, -0.2) is 43.3 Å². The maximum Gasteiger partial charge on any atom is 0.401 e. The molecule has 0 spiro atoms. The average molecular weight is 238 g/mol. The van der Waals surface area contributed by atoms with E-state index in [9.17, 15) is 13.2 Å². The molecule has 5 heteroatoms. The Morgan fingerprint density at radius 2 is 2.06 bits per heavy atom. The molecule has 1 N–H and O–H groups in total. The Balaban J connectivity index is 2.49. The van der Waals surface area contributed by atoms with Gasteiger partial charge < -0.3 is 5.32 Å². The van der Waals surface area contributed by atoms with E-state index in [1.165, 1.54) is 4.90 Å². The van der Waals surface area contributed by atoms with E-state index in [2.05, 4.69) is 12.2 Å². The monoisotopic (exact) mass is 238 g/mol. The molecule has 0 aromatic heterocycles. The van der Waals surface area contributed by atoms with Crippen molar-refractivity contribution in [1.82, 2.24) is 10.2 Å². The fourth-order valence-corrected chi connectivity index (χ4v) is 2.15. The van der Waals surface area contributed by atoms with Gasteiger partial charge in [0.25, 0.3) is 0 Å². The maximum absolute atomic E-state index is 12.3. The number of hydrogen-bond donors (Lipinski definition) is 1. The number of rotatable bonds is 2. The lowest BCUT2D eigenvalue weighted by Crippen LogP contribution is -2.46. The molecule has 0 amide bonds. The van der Waals surface area contributed by atoms with Crippen molar-refractivity contribution < 1.29 is 13.2 Å². The Labute approximate surface area is 95.2 Å². The van der Waals surface area contributed by atoms with Gasteiger partial charge in [0.15, 0.2) is 0 Å². The first-order chi connectivity index (χ1) is 7.40. The highest BCUT2D eigenvalue weighted by molar-refractivity contribution is 4.76. The van der Waals surface area contributed by atoms with Crippen molar-refractivity contribution in [1.29, 1.82) is 0 Å². The molecule has 1 aliphatic rings. The summed E-state index contributed by atoms with van der Waals surface area (Å²) in [5.74, 6) is 0.275. The van der Waals surface area contributed by atoms with Crippen LogP contribution in [0.25, 0.3) is 0 Å². The topological polar surface area (TPSA) is 15.3 Å². The molecule has 16 heavy (non-hydrogen) atoms. The molecule has 0 aromatic rings. The highest BCUT2D eigenvalue weighted by atomic mass is 19.4. The lowest BCUT2D eigenvalue weighted by atomic mass is 10.0. The molecule has 2 atom stereocenters. The number of halogens is 3. The predicted molar refractivity (Wildman–Crippen MR) is 58.4 cm³/mol. The second kappa shape index (κ2) is 5.87. The molecule has 96 valence electrons. The fraction of sp³-hybridized carbons (Fsp3) is 1.00. The maximum atomic E-state index is 12.3. The molecule has 1 aliphatic heterocycles. The van der Waals surface area contributed by atoms with E-state index in [0.29, 0.717) is 19.1 Å². The smallest absolute Gasteiger partial charge is 0.314 e. The number of nitrogens with one attached hydrogen (secondary N) is 1. The van der Waals surface area contributed by atoms with Crippen molar-refractivity contribution in [3.8, 4) is 0 Å². The lowest BCUT2D eigenvalue weighted by Gasteiger charge is -2.32. The first-order valence-corrected chi connectivity index (χ1v) is 5.93. The van der Waals surface area contributed by atoms with E-state index in [1.807, 2.05) is 6.92 Å². The molecular weight excluding hydrogens is 217 g/mol. The zero-order valence-corrected chi connectivity index (χ0v) is 9.98. The first-order valence-electron chi connectivity index (χ1n) is 5.93. The molecule has 0 bridgehead atoms. The van der Waals surface area contributed by atoms with Crippen molar-refractivity contribution in [2.45, 2.75) is 38.9 Å². The zero-order valence-electron chi connectivity index (χ0n) is 9.98. The van der Waals surface area contributed by atoms with Crippen LogP contribution in [0.4, 0.5) is 13.2 Å². The molecule has 0 aromatic carbocycles. The number of alkyl halides is 3. The van der Waals surface area contributed by atoms with Crippen molar-refractivity contribution in [3.63, 3.8) is 0 Å². The highest BCUT2D eigenvalue weighted by Gasteiger charge is 2.31. The van der Waals surface area contributed by atoms with Gasteiger partial charge in [-0.2, -0.15) is 13.2 Å². The Morgan fingerprint density at radius 1 is 1.38 bits per heavy atom. The minimum absolute atomic E-state index is 0.275. The summed E-state index contributed by atoms with van der Waals surface area (Å²) in [6.07, 6.45) is -2.29. The summed E-state index contributed by atoms with van der Waals surface area (Å²) in [5.41, 5.74) is 0. The molecule has 0 saturated carbocycles.